The van der Waals surface area contributed by atoms with Crippen LogP contribution in [0.15, 0.2) is 12.1 Å². The molecule has 0 spiro atoms. The van der Waals surface area contributed by atoms with Crippen LogP contribution in [0.3, 0.4) is 0 Å². The van der Waals surface area contributed by atoms with Gasteiger partial charge in [0.2, 0.25) is 0 Å². The topological polar surface area (TPSA) is 67.8 Å². The fourth-order valence-corrected chi connectivity index (χ4v) is 2.10. The smallest absolute Gasteiger partial charge is 0.309 e. The summed E-state index contributed by atoms with van der Waals surface area (Å²) >= 11 is 6.27. The molecule has 21 heavy (non-hydrogen) atoms. The fraction of sp³-hybridized carbons (Fsp3) is 0.533. The van der Waals surface area contributed by atoms with E-state index in [0.717, 1.165) is 5.56 Å². The van der Waals surface area contributed by atoms with Crippen molar-refractivity contribution in [3.8, 4) is 11.5 Å². The first kappa shape index (κ1) is 17.6. The van der Waals surface area contributed by atoms with Crippen molar-refractivity contribution in [3.05, 3.63) is 22.7 Å². The maximum atomic E-state index is 11.0. The number of benzene rings is 1. The van der Waals surface area contributed by atoms with Crippen LogP contribution in [0.2, 0.25) is 5.02 Å². The molecular formula is C15H22ClNO4. The summed E-state index contributed by atoms with van der Waals surface area (Å²) in [6.07, 6.45) is 0.535. The van der Waals surface area contributed by atoms with Crippen molar-refractivity contribution in [2.75, 3.05) is 20.8 Å². The van der Waals surface area contributed by atoms with E-state index in [2.05, 4.69) is 5.32 Å². The van der Waals surface area contributed by atoms with Crippen molar-refractivity contribution in [2.24, 2.45) is 5.41 Å². The molecule has 5 nitrogen and oxygen atoms in total. The second-order valence-corrected chi connectivity index (χ2v) is 5.77. The van der Waals surface area contributed by atoms with Gasteiger partial charge in [-0.1, -0.05) is 17.7 Å². The van der Waals surface area contributed by atoms with Crippen LogP contribution in [0.1, 0.15) is 25.8 Å². The third-order valence-corrected chi connectivity index (χ3v) is 3.80. The van der Waals surface area contributed by atoms with Crippen molar-refractivity contribution in [3.63, 3.8) is 0 Å². The SMILES string of the molecule is COc1ccc(CNCCC(C)(C)C(=O)O)c(Cl)c1OC. The number of aliphatic carboxylic acids is 1. The molecule has 0 bridgehead atoms. The Morgan fingerprint density at radius 1 is 1.33 bits per heavy atom. The molecule has 0 aliphatic rings. The number of ether oxygens (including phenoxy) is 2. The highest BCUT2D eigenvalue weighted by Gasteiger charge is 2.26. The van der Waals surface area contributed by atoms with Gasteiger partial charge in [0.05, 0.1) is 24.7 Å². The van der Waals surface area contributed by atoms with Crippen LogP contribution >= 0.6 is 11.6 Å². The van der Waals surface area contributed by atoms with Gasteiger partial charge in [-0.3, -0.25) is 4.79 Å². The summed E-state index contributed by atoms with van der Waals surface area (Å²) in [6, 6.07) is 3.65. The number of methoxy groups -OCH3 is 2. The molecule has 6 heteroatoms. The molecule has 0 heterocycles. The number of nitrogens with one attached hydrogen (secondary N) is 1. The Kier molecular flexibility index (Phi) is 6.30. The molecule has 1 rings (SSSR count). The zero-order valence-electron chi connectivity index (χ0n) is 12.8. The van der Waals surface area contributed by atoms with Crippen LogP contribution in [0, 0.1) is 5.41 Å². The third-order valence-electron chi connectivity index (χ3n) is 3.39. The highest BCUT2D eigenvalue weighted by Crippen LogP contribution is 2.37. The molecule has 0 aliphatic carbocycles. The number of halogens is 1. The normalized spacial score (nSPS) is 11.3. The standard InChI is InChI=1S/C15H22ClNO4/c1-15(2,14(18)19)7-8-17-9-10-5-6-11(20-3)13(21-4)12(10)16/h5-6,17H,7-9H2,1-4H3,(H,18,19). The van der Waals surface area contributed by atoms with Gasteiger partial charge in [0, 0.05) is 6.54 Å². The first-order valence-electron chi connectivity index (χ1n) is 6.67. The van der Waals surface area contributed by atoms with Gasteiger partial charge in [-0.2, -0.15) is 0 Å². The average molecular weight is 316 g/mol. The Balaban J connectivity index is 2.63. The number of rotatable bonds is 8. The summed E-state index contributed by atoms with van der Waals surface area (Å²) in [5, 5.41) is 12.7. The van der Waals surface area contributed by atoms with Crippen molar-refractivity contribution in [1.82, 2.24) is 5.32 Å². The predicted molar refractivity (Wildman–Crippen MR) is 82.3 cm³/mol. The van der Waals surface area contributed by atoms with Crippen molar-refractivity contribution in [1.29, 1.82) is 0 Å². The Morgan fingerprint density at radius 2 is 2.00 bits per heavy atom. The molecule has 0 amide bonds. The molecule has 2 N–H and O–H groups in total. The number of hydrogen-bond donors (Lipinski definition) is 2. The lowest BCUT2D eigenvalue weighted by Gasteiger charge is -2.19. The van der Waals surface area contributed by atoms with Gasteiger partial charge in [0.1, 0.15) is 0 Å². The van der Waals surface area contributed by atoms with Gasteiger partial charge in [0.15, 0.2) is 11.5 Å². The predicted octanol–water partition coefficient (Wildman–Crippen LogP) is 2.95. The molecule has 1 aromatic rings. The van der Waals surface area contributed by atoms with Crippen molar-refractivity contribution >= 4 is 17.6 Å². The number of hydrogen-bond acceptors (Lipinski definition) is 4. The number of carbonyl (C=O) groups is 1. The highest BCUT2D eigenvalue weighted by molar-refractivity contribution is 6.33. The van der Waals surface area contributed by atoms with Crippen LogP contribution in [0.4, 0.5) is 0 Å². The molecule has 118 valence electrons. The Morgan fingerprint density at radius 3 is 2.52 bits per heavy atom. The second kappa shape index (κ2) is 7.52. The van der Waals surface area contributed by atoms with E-state index in [9.17, 15) is 4.79 Å². The van der Waals surface area contributed by atoms with E-state index >= 15 is 0 Å². The third kappa shape index (κ3) is 4.51. The highest BCUT2D eigenvalue weighted by atomic mass is 35.5. The molecule has 0 radical (unpaired) electrons. The summed E-state index contributed by atoms with van der Waals surface area (Å²) in [5.41, 5.74) is 0.136. The zero-order chi connectivity index (χ0) is 16.0. The summed E-state index contributed by atoms with van der Waals surface area (Å²) < 4.78 is 10.4. The molecule has 0 aliphatic heterocycles. The second-order valence-electron chi connectivity index (χ2n) is 5.39. The van der Waals surface area contributed by atoms with Crippen LogP contribution < -0.4 is 14.8 Å². The maximum Gasteiger partial charge on any atom is 0.309 e. The number of carboxylic acids is 1. The molecule has 1 aromatic carbocycles. The fourth-order valence-electron chi connectivity index (χ4n) is 1.80. The summed E-state index contributed by atoms with van der Waals surface area (Å²) in [6.45, 7) is 4.54. The van der Waals surface area contributed by atoms with E-state index < -0.39 is 11.4 Å². The molecular weight excluding hydrogens is 294 g/mol. The molecule has 0 aromatic heterocycles. The minimum atomic E-state index is -0.798. The van der Waals surface area contributed by atoms with E-state index in [1.807, 2.05) is 6.07 Å². The molecule has 0 saturated heterocycles. The van der Waals surface area contributed by atoms with E-state index in [4.69, 9.17) is 26.2 Å². The maximum absolute atomic E-state index is 11.0. The van der Waals surface area contributed by atoms with Crippen LogP contribution in [0.25, 0.3) is 0 Å². The van der Waals surface area contributed by atoms with E-state index in [0.29, 0.717) is 36.0 Å². The summed E-state index contributed by atoms with van der Waals surface area (Å²) in [4.78, 5) is 11.0. The van der Waals surface area contributed by atoms with Crippen LogP contribution in [0.5, 0.6) is 11.5 Å². The lowest BCUT2D eigenvalue weighted by molar-refractivity contribution is -0.147. The van der Waals surface area contributed by atoms with Gasteiger partial charge in [0.25, 0.3) is 0 Å². The molecule has 0 saturated carbocycles. The van der Waals surface area contributed by atoms with Gasteiger partial charge in [-0.25, -0.2) is 0 Å². The molecule has 0 atom stereocenters. The summed E-state index contributed by atoms with van der Waals surface area (Å²) in [7, 11) is 3.09. The average Bonchev–Trinajstić information content (AvgIpc) is 2.44. The summed E-state index contributed by atoms with van der Waals surface area (Å²) in [5.74, 6) is 0.288. The van der Waals surface area contributed by atoms with Crippen molar-refractivity contribution < 1.29 is 19.4 Å². The zero-order valence-corrected chi connectivity index (χ0v) is 13.6. The minimum Gasteiger partial charge on any atom is -0.493 e. The Labute approximate surface area is 130 Å². The van der Waals surface area contributed by atoms with Crippen molar-refractivity contribution in [2.45, 2.75) is 26.8 Å². The largest absolute Gasteiger partial charge is 0.493 e. The van der Waals surface area contributed by atoms with E-state index in [1.54, 1.807) is 27.0 Å². The number of carboxylic acid groups (broad SMARTS) is 1. The first-order chi connectivity index (χ1) is 9.83. The van der Waals surface area contributed by atoms with Crippen LogP contribution in [-0.4, -0.2) is 31.8 Å². The van der Waals surface area contributed by atoms with E-state index in [1.165, 1.54) is 7.11 Å². The first-order valence-corrected chi connectivity index (χ1v) is 7.04. The van der Waals surface area contributed by atoms with Gasteiger partial charge >= 0.3 is 5.97 Å². The van der Waals surface area contributed by atoms with Crippen LogP contribution in [-0.2, 0) is 11.3 Å². The van der Waals surface area contributed by atoms with Gasteiger partial charge in [-0.15, -0.1) is 0 Å². The Hall–Kier alpha value is -1.46. The van der Waals surface area contributed by atoms with Gasteiger partial charge in [-0.05, 0) is 38.4 Å². The molecule has 0 fully saturated rings. The quantitative estimate of drug-likeness (QED) is 0.722. The molecule has 0 unspecified atom stereocenters. The van der Waals surface area contributed by atoms with E-state index in [-0.39, 0.29) is 0 Å². The van der Waals surface area contributed by atoms with Gasteiger partial charge < -0.3 is 19.9 Å². The lowest BCUT2D eigenvalue weighted by Crippen LogP contribution is -2.28. The lowest BCUT2D eigenvalue weighted by atomic mass is 9.90. The minimum absolute atomic E-state index is 0.502. The Bertz CT molecular complexity index is 503. The monoisotopic (exact) mass is 315 g/mol.